The third-order valence-corrected chi connectivity index (χ3v) is 4.34. The number of likely N-dealkylation sites (tertiary alicyclic amines) is 1. The van der Waals surface area contributed by atoms with E-state index in [0.717, 1.165) is 37.4 Å². The van der Waals surface area contributed by atoms with E-state index in [0.29, 0.717) is 0 Å². The summed E-state index contributed by atoms with van der Waals surface area (Å²) in [6.45, 7) is 5.95. The van der Waals surface area contributed by atoms with Gasteiger partial charge in [0.15, 0.2) is 0 Å². The fraction of sp³-hybridized carbons (Fsp3) is 0.692. The Bertz CT molecular complexity index is 380. The lowest BCUT2D eigenvalue weighted by Crippen LogP contribution is -2.51. The summed E-state index contributed by atoms with van der Waals surface area (Å²) in [4.78, 5) is 18.7. The van der Waals surface area contributed by atoms with E-state index in [2.05, 4.69) is 24.1 Å². The Labute approximate surface area is 112 Å². The molecule has 0 aromatic carbocycles. The number of hydrogen-bond acceptors (Lipinski definition) is 4. The number of carbonyl (C=O) groups is 1. The topological polar surface area (TPSA) is 45.2 Å². The van der Waals surface area contributed by atoms with Crippen LogP contribution in [0.2, 0.25) is 0 Å². The minimum atomic E-state index is 0.00103. The summed E-state index contributed by atoms with van der Waals surface area (Å²) in [5.74, 6) is 0.234. The largest absolute Gasteiger partial charge is 0.332 e. The lowest BCUT2D eigenvalue weighted by molar-refractivity contribution is -0.138. The van der Waals surface area contributed by atoms with Crippen LogP contribution in [0.25, 0.3) is 0 Å². The van der Waals surface area contributed by atoms with Crippen LogP contribution in [0, 0.1) is 0 Å². The van der Waals surface area contributed by atoms with Crippen LogP contribution in [-0.4, -0.2) is 34.9 Å². The number of aromatic nitrogens is 1. The highest BCUT2D eigenvalue weighted by atomic mass is 32.1. The Morgan fingerprint density at radius 1 is 1.67 bits per heavy atom. The van der Waals surface area contributed by atoms with Crippen LogP contribution < -0.4 is 5.32 Å². The number of hydrogen-bond donors (Lipinski definition) is 1. The van der Waals surface area contributed by atoms with E-state index in [1.165, 1.54) is 0 Å². The van der Waals surface area contributed by atoms with Crippen molar-refractivity contribution in [3.63, 3.8) is 0 Å². The van der Waals surface area contributed by atoms with Gasteiger partial charge in [0.25, 0.3) is 0 Å². The maximum atomic E-state index is 12.4. The first-order valence-electron chi connectivity index (χ1n) is 6.67. The Hall–Kier alpha value is -0.940. The van der Waals surface area contributed by atoms with Gasteiger partial charge >= 0.3 is 0 Å². The molecule has 100 valence electrons. The van der Waals surface area contributed by atoms with Crippen LogP contribution in [0.15, 0.2) is 11.6 Å². The van der Waals surface area contributed by atoms with Gasteiger partial charge in [0, 0.05) is 18.1 Å². The van der Waals surface area contributed by atoms with Crippen molar-refractivity contribution >= 4 is 17.2 Å². The second kappa shape index (κ2) is 6.29. The zero-order chi connectivity index (χ0) is 13.0. The number of nitrogens with zero attached hydrogens (tertiary/aromatic N) is 2. The van der Waals surface area contributed by atoms with Crippen molar-refractivity contribution in [1.82, 2.24) is 15.2 Å². The van der Waals surface area contributed by atoms with Gasteiger partial charge in [-0.15, -0.1) is 11.3 Å². The molecule has 2 atom stereocenters. The van der Waals surface area contributed by atoms with E-state index in [-0.39, 0.29) is 18.0 Å². The average Bonchev–Trinajstić information content (AvgIpc) is 2.91. The summed E-state index contributed by atoms with van der Waals surface area (Å²) in [5.41, 5.74) is 0. The number of thiazole rings is 1. The molecule has 18 heavy (non-hydrogen) atoms. The third kappa shape index (κ3) is 2.90. The van der Waals surface area contributed by atoms with E-state index in [1.807, 2.05) is 10.3 Å². The molecule has 2 heterocycles. The van der Waals surface area contributed by atoms with Crippen molar-refractivity contribution in [1.29, 1.82) is 0 Å². The molecule has 1 aromatic heterocycles. The Morgan fingerprint density at radius 2 is 2.50 bits per heavy atom. The van der Waals surface area contributed by atoms with Crippen LogP contribution in [0.4, 0.5) is 0 Å². The number of piperidine rings is 1. The number of carbonyl (C=O) groups excluding carboxylic acids is 1. The first-order valence-corrected chi connectivity index (χ1v) is 7.55. The van der Waals surface area contributed by atoms with Crippen LogP contribution in [-0.2, 0) is 4.79 Å². The normalized spacial score (nSPS) is 22.2. The molecule has 2 unspecified atom stereocenters. The molecule has 1 aliphatic rings. The maximum absolute atomic E-state index is 12.4. The molecule has 1 saturated heterocycles. The molecular weight excluding hydrogens is 246 g/mol. The van der Waals surface area contributed by atoms with E-state index in [1.54, 1.807) is 17.5 Å². The van der Waals surface area contributed by atoms with Gasteiger partial charge in [-0.1, -0.05) is 6.92 Å². The summed E-state index contributed by atoms with van der Waals surface area (Å²) in [6.07, 6.45) is 4.90. The number of amides is 1. The molecule has 0 aliphatic carbocycles. The lowest BCUT2D eigenvalue weighted by Gasteiger charge is -2.36. The van der Waals surface area contributed by atoms with Crippen molar-refractivity contribution in [2.75, 3.05) is 13.1 Å². The molecular formula is C13H21N3OS. The van der Waals surface area contributed by atoms with Gasteiger partial charge in [0.2, 0.25) is 5.91 Å². The molecule has 1 aromatic rings. The number of nitrogens with one attached hydrogen (secondary N) is 1. The van der Waals surface area contributed by atoms with Gasteiger partial charge in [0.1, 0.15) is 5.01 Å². The molecule has 4 nitrogen and oxygen atoms in total. The van der Waals surface area contributed by atoms with Gasteiger partial charge in [-0.2, -0.15) is 0 Å². The number of rotatable bonds is 5. The molecule has 0 radical (unpaired) electrons. The van der Waals surface area contributed by atoms with Gasteiger partial charge in [-0.05, 0) is 32.7 Å². The van der Waals surface area contributed by atoms with Gasteiger partial charge in [-0.25, -0.2) is 4.98 Å². The maximum Gasteiger partial charge on any atom is 0.240 e. The minimum absolute atomic E-state index is 0.00103. The SMILES string of the molecule is CCCNC1CCCN(C(C)c2nccs2)C1=O. The highest BCUT2D eigenvalue weighted by molar-refractivity contribution is 7.09. The smallest absolute Gasteiger partial charge is 0.240 e. The molecule has 1 amide bonds. The molecule has 2 rings (SSSR count). The summed E-state index contributed by atoms with van der Waals surface area (Å²) in [6, 6.07) is 0.102. The fourth-order valence-electron chi connectivity index (χ4n) is 2.37. The minimum Gasteiger partial charge on any atom is -0.332 e. The van der Waals surface area contributed by atoms with Crippen molar-refractivity contribution < 1.29 is 4.79 Å². The monoisotopic (exact) mass is 267 g/mol. The first-order chi connectivity index (χ1) is 8.74. The standard InChI is InChI=1S/C13H21N3OS/c1-3-6-14-11-5-4-8-16(13(11)17)10(2)12-15-7-9-18-12/h7,9-11,14H,3-6,8H2,1-2H3. The van der Waals surface area contributed by atoms with E-state index < -0.39 is 0 Å². The summed E-state index contributed by atoms with van der Waals surface area (Å²) in [5, 5.41) is 6.34. The summed E-state index contributed by atoms with van der Waals surface area (Å²) < 4.78 is 0. The quantitative estimate of drug-likeness (QED) is 0.889. The van der Waals surface area contributed by atoms with Crippen molar-refractivity contribution in [2.24, 2.45) is 0 Å². The average molecular weight is 267 g/mol. The van der Waals surface area contributed by atoms with E-state index in [4.69, 9.17) is 0 Å². The molecule has 5 heteroatoms. The Kier molecular flexibility index (Phi) is 4.72. The predicted molar refractivity (Wildman–Crippen MR) is 73.6 cm³/mol. The molecule has 0 spiro atoms. The Balaban J connectivity index is 2.02. The van der Waals surface area contributed by atoms with Gasteiger partial charge < -0.3 is 10.2 Å². The molecule has 0 bridgehead atoms. The van der Waals surface area contributed by atoms with Crippen LogP contribution in [0.5, 0.6) is 0 Å². The van der Waals surface area contributed by atoms with Crippen LogP contribution in [0.1, 0.15) is 44.2 Å². The van der Waals surface area contributed by atoms with E-state index >= 15 is 0 Å². The lowest BCUT2D eigenvalue weighted by atomic mass is 10.0. The van der Waals surface area contributed by atoms with E-state index in [9.17, 15) is 4.79 Å². The molecule has 1 aliphatic heterocycles. The first kappa shape index (κ1) is 13.5. The zero-order valence-corrected chi connectivity index (χ0v) is 11.9. The van der Waals surface area contributed by atoms with Gasteiger partial charge in [0.05, 0.1) is 12.1 Å². The summed E-state index contributed by atoms with van der Waals surface area (Å²) >= 11 is 1.62. The van der Waals surface area contributed by atoms with Crippen LogP contribution >= 0.6 is 11.3 Å². The van der Waals surface area contributed by atoms with Crippen molar-refractivity contribution in [3.8, 4) is 0 Å². The highest BCUT2D eigenvalue weighted by Gasteiger charge is 2.32. The molecule has 0 saturated carbocycles. The second-order valence-corrected chi connectivity index (χ2v) is 5.65. The fourth-order valence-corrected chi connectivity index (χ4v) is 3.07. The summed E-state index contributed by atoms with van der Waals surface area (Å²) in [7, 11) is 0. The third-order valence-electron chi connectivity index (χ3n) is 3.39. The van der Waals surface area contributed by atoms with Crippen molar-refractivity contribution in [2.45, 2.75) is 45.2 Å². The second-order valence-electron chi connectivity index (χ2n) is 4.73. The predicted octanol–water partition coefficient (Wildman–Crippen LogP) is 2.19. The molecule has 1 fully saturated rings. The molecule has 1 N–H and O–H groups in total. The van der Waals surface area contributed by atoms with Crippen LogP contribution in [0.3, 0.4) is 0 Å². The van der Waals surface area contributed by atoms with Crippen molar-refractivity contribution in [3.05, 3.63) is 16.6 Å². The zero-order valence-electron chi connectivity index (χ0n) is 11.1. The Morgan fingerprint density at radius 3 is 3.17 bits per heavy atom. The van der Waals surface area contributed by atoms with Gasteiger partial charge in [-0.3, -0.25) is 4.79 Å². The highest BCUT2D eigenvalue weighted by Crippen LogP contribution is 2.26.